The molecule has 0 radical (unpaired) electrons. The van der Waals surface area contributed by atoms with Gasteiger partial charge in [-0.25, -0.2) is 9.37 Å². The van der Waals surface area contributed by atoms with Crippen LogP contribution in [0.25, 0.3) is 0 Å². The fraction of sp³-hybridized carbons (Fsp3) is 0.364. The van der Waals surface area contributed by atoms with Crippen molar-refractivity contribution in [3.05, 3.63) is 30.5 Å². The van der Waals surface area contributed by atoms with Crippen LogP contribution in [0.3, 0.4) is 0 Å². The van der Waals surface area contributed by atoms with Crippen LogP contribution < -0.4 is 10.6 Å². The van der Waals surface area contributed by atoms with Gasteiger partial charge in [0.15, 0.2) is 11.6 Å². The lowest BCUT2D eigenvalue weighted by molar-refractivity contribution is 0.586. The van der Waals surface area contributed by atoms with Crippen LogP contribution in [-0.4, -0.2) is 33.3 Å². The van der Waals surface area contributed by atoms with Crippen molar-refractivity contribution in [2.45, 2.75) is 13.0 Å². The number of rotatable bonds is 6. The third-order valence-corrected chi connectivity index (χ3v) is 2.38. The molecule has 0 aliphatic carbocycles. The summed E-state index contributed by atoms with van der Waals surface area (Å²) < 4.78 is 15.2. The van der Waals surface area contributed by atoms with E-state index >= 15 is 0 Å². The molecule has 7 heteroatoms. The van der Waals surface area contributed by atoms with Crippen LogP contribution in [0.4, 0.5) is 16.2 Å². The Bertz CT molecular complexity index is 484. The van der Waals surface area contributed by atoms with Gasteiger partial charge in [0.05, 0.1) is 6.20 Å². The SMILES string of the molecule is CNc1ncc(F)c(NCCCn2cccn2)n1. The fourth-order valence-corrected chi connectivity index (χ4v) is 1.49. The summed E-state index contributed by atoms with van der Waals surface area (Å²) in [4.78, 5) is 7.77. The Morgan fingerprint density at radius 3 is 3.06 bits per heavy atom. The highest BCUT2D eigenvalue weighted by Crippen LogP contribution is 2.11. The summed E-state index contributed by atoms with van der Waals surface area (Å²) in [6.45, 7) is 1.41. The number of halogens is 1. The van der Waals surface area contributed by atoms with Crippen LogP contribution in [0.1, 0.15) is 6.42 Å². The zero-order valence-electron chi connectivity index (χ0n) is 10.1. The Morgan fingerprint density at radius 2 is 2.33 bits per heavy atom. The van der Waals surface area contributed by atoms with Gasteiger partial charge in [0.1, 0.15) is 0 Å². The number of nitrogens with zero attached hydrogens (tertiary/aromatic N) is 4. The molecule has 2 aromatic heterocycles. The normalized spacial score (nSPS) is 10.3. The van der Waals surface area contributed by atoms with Gasteiger partial charge in [-0.1, -0.05) is 0 Å². The van der Waals surface area contributed by atoms with Crippen LogP contribution >= 0.6 is 0 Å². The minimum absolute atomic E-state index is 0.217. The summed E-state index contributed by atoms with van der Waals surface area (Å²) in [5, 5.41) is 9.79. The van der Waals surface area contributed by atoms with Crippen molar-refractivity contribution >= 4 is 11.8 Å². The summed E-state index contributed by atoms with van der Waals surface area (Å²) in [6, 6.07) is 1.87. The maximum absolute atomic E-state index is 13.4. The molecule has 0 spiro atoms. The van der Waals surface area contributed by atoms with Crippen molar-refractivity contribution in [3.8, 4) is 0 Å². The zero-order valence-corrected chi connectivity index (χ0v) is 10.1. The van der Waals surface area contributed by atoms with E-state index in [1.165, 1.54) is 0 Å². The smallest absolute Gasteiger partial charge is 0.224 e. The van der Waals surface area contributed by atoms with Crippen LogP contribution in [0, 0.1) is 5.82 Å². The van der Waals surface area contributed by atoms with E-state index in [1.807, 2.05) is 16.9 Å². The van der Waals surface area contributed by atoms with Gasteiger partial charge in [-0.3, -0.25) is 4.68 Å². The Morgan fingerprint density at radius 1 is 1.44 bits per heavy atom. The van der Waals surface area contributed by atoms with Gasteiger partial charge in [0.25, 0.3) is 0 Å². The minimum atomic E-state index is -0.451. The van der Waals surface area contributed by atoms with E-state index in [4.69, 9.17) is 0 Å². The van der Waals surface area contributed by atoms with Gasteiger partial charge in [-0.05, 0) is 12.5 Å². The van der Waals surface area contributed by atoms with Gasteiger partial charge >= 0.3 is 0 Å². The summed E-state index contributed by atoms with van der Waals surface area (Å²) in [5.74, 6) is 0.161. The van der Waals surface area contributed by atoms with E-state index < -0.39 is 5.82 Å². The van der Waals surface area contributed by atoms with Gasteiger partial charge in [-0.15, -0.1) is 0 Å². The van der Waals surface area contributed by atoms with E-state index in [1.54, 1.807) is 13.2 Å². The van der Waals surface area contributed by atoms with Crippen molar-refractivity contribution < 1.29 is 4.39 Å². The highest BCUT2D eigenvalue weighted by Gasteiger charge is 2.05. The first-order valence-corrected chi connectivity index (χ1v) is 5.71. The van der Waals surface area contributed by atoms with Gasteiger partial charge < -0.3 is 10.6 Å². The molecule has 0 aliphatic heterocycles. The van der Waals surface area contributed by atoms with Crippen LogP contribution in [0.2, 0.25) is 0 Å². The van der Waals surface area contributed by atoms with E-state index in [0.717, 1.165) is 19.2 Å². The molecular weight excluding hydrogens is 235 g/mol. The quantitative estimate of drug-likeness (QED) is 0.758. The molecule has 0 unspecified atom stereocenters. The summed E-state index contributed by atoms with van der Waals surface area (Å²) in [6.07, 6.45) is 5.61. The van der Waals surface area contributed by atoms with Gasteiger partial charge in [0, 0.05) is 32.5 Å². The number of nitrogens with one attached hydrogen (secondary N) is 2. The van der Waals surface area contributed by atoms with Crippen molar-refractivity contribution in [2.75, 3.05) is 24.2 Å². The van der Waals surface area contributed by atoms with Gasteiger partial charge in [-0.2, -0.15) is 10.1 Å². The monoisotopic (exact) mass is 250 g/mol. The molecule has 0 saturated heterocycles. The minimum Gasteiger partial charge on any atom is -0.367 e. The molecule has 0 atom stereocenters. The number of anilines is 2. The Kier molecular flexibility index (Phi) is 4.06. The fourth-order valence-electron chi connectivity index (χ4n) is 1.49. The van der Waals surface area contributed by atoms with E-state index in [0.29, 0.717) is 12.5 Å². The summed E-state index contributed by atoms with van der Waals surface area (Å²) in [5.41, 5.74) is 0. The highest BCUT2D eigenvalue weighted by atomic mass is 19.1. The summed E-state index contributed by atoms with van der Waals surface area (Å²) in [7, 11) is 1.69. The third kappa shape index (κ3) is 3.16. The Balaban J connectivity index is 1.82. The predicted molar refractivity (Wildman–Crippen MR) is 66.9 cm³/mol. The molecule has 0 saturated carbocycles. The van der Waals surface area contributed by atoms with E-state index in [9.17, 15) is 4.39 Å². The highest BCUT2D eigenvalue weighted by molar-refractivity contribution is 5.40. The van der Waals surface area contributed by atoms with Crippen LogP contribution in [-0.2, 0) is 6.54 Å². The molecule has 0 aromatic carbocycles. The zero-order chi connectivity index (χ0) is 12.8. The van der Waals surface area contributed by atoms with Crippen molar-refractivity contribution in [1.29, 1.82) is 0 Å². The van der Waals surface area contributed by atoms with Crippen molar-refractivity contribution in [1.82, 2.24) is 19.7 Å². The molecule has 0 bridgehead atoms. The number of aryl methyl sites for hydroxylation is 1. The molecule has 2 aromatic rings. The molecule has 2 rings (SSSR count). The van der Waals surface area contributed by atoms with Crippen molar-refractivity contribution in [2.24, 2.45) is 0 Å². The largest absolute Gasteiger partial charge is 0.367 e. The first-order valence-electron chi connectivity index (χ1n) is 5.71. The molecule has 0 amide bonds. The number of hydrogen-bond donors (Lipinski definition) is 2. The van der Waals surface area contributed by atoms with Gasteiger partial charge in [0.2, 0.25) is 5.95 Å². The average Bonchev–Trinajstić information content (AvgIpc) is 2.89. The maximum Gasteiger partial charge on any atom is 0.224 e. The summed E-state index contributed by atoms with van der Waals surface area (Å²) >= 11 is 0. The van der Waals surface area contributed by atoms with Crippen LogP contribution in [0.15, 0.2) is 24.7 Å². The lowest BCUT2D eigenvalue weighted by Gasteiger charge is -2.07. The number of hydrogen-bond acceptors (Lipinski definition) is 5. The second-order valence-electron chi connectivity index (χ2n) is 3.69. The third-order valence-electron chi connectivity index (χ3n) is 2.38. The molecular formula is C11H15FN6. The average molecular weight is 250 g/mol. The second-order valence-corrected chi connectivity index (χ2v) is 3.69. The van der Waals surface area contributed by atoms with E-state index in [-0.39, 0.29) is 5.82 Å². The first kappa shape index (κ1) is 12.3. The first-order chi connectivity index (χ1) is 8.79. The lowest BCUT2D eigenvalue weighted by Crippen LogP contribution is -2.10. The topological polar surface area (TPSA) is 67.7 Å². The van der Waals surface area contributed by atoms with E-state index in [2.05, 4.69) is 25.7 Å². The Hall–Kier alpha value is -2.18. The van der Waals surface area contributed by atoms with Crippen molar-refractivity contribution in [3.63, 3.8) is 0 Å². The Labute approximate surface area is 104 Å². The maximum atomic E-state index is 13.4. The van der Waals surface area contributed by atoms with Crippen LogP contribution in [0.5, 0.6) is 0 Å². The molecule has 2 heterocycles. The standard InChI is InChI=1S/C11H15FN6/c1-13-11-15-8-9(12)10(17-11)14-4-2-6-18-7-3-5-16-18/h3,5,7-8H,2,4,6H2,1H3,(H2,13,14,15,17). The molecule has 0 aliphatic rings. The lowest BCUT2D eigenvalue weighted by atomic mass is 10.4. The predicted octanol–water partition coefficient (Wildman–Crippen LogP) is 1.36. The molecule has 6 nitrogen and oxygen atoms in total. The molecule has 96 valence electrons. The molecule has 18 heavy (non-hydrogen) atoms. The molecule has 0 fully saturated rings. The number of aromatic nitrogens is 4. The molecule has 2 N–H and O–H groups in total. The second kappa shape index (κ2) is 5.95.